The van der Waals surface area contributed by atoms with Gasteiger partial charge in [0.05, 0.1) is 11.1 Å². The van der Waals surface area contributed by atoms with Gasteiger partial charge >= 0.3 is 0 Å². The highest BCUT2D eigenvalue weighted by molar-refractivity contribution is 5.95. The predicted octanol–water partition coefficient (Wildman–Crippen LogP) is 0.947. The first kappa shape index (κ1) is 9.47. The van der Waals surface area contributed by atoms with Gasteiger partial charge in [-0.25, -0.2) is 0 Å². The molecule has 2 aromatic rings. The molecule has 0 radical (unpaired) electrons. The average molecular weight is 218 g/mol. The smallest absolute Gasteiger partial charge is 0.192 e. The van der Waals surface area contributed by atoms with E-state index in [4.69, 9.17) is 16.0 Å². The summed E-state index contributed by atoms with van der Waals surface area (Å²) in [5.74, 6) is 0.445. The standard InChI is InChI=1S/C11H14N4O/c12-7-4-5-15(6-7)9-3-1-2-8-10(9)16-14-11(8)13/h1-3,7H,4-6,12H2,(H2,13,14). The topological polar surface area (TPSA) is 81.3 Å². The molecule has 4 N–H and O–H groups in total. The number of hydrogen-bond acceptors (Lipinski definition) is 5. The molecule has 1 aliphatic rings. The minimum atomic E-state index is 0.246. The Morgan fingerprint density at radius 1 is 1.44 bits per heavy atom. The van der Waals surface area contributed by atoms with Crippen molar-refractivity contribution in [3.8, 4) is 0 Å². The summed E-state index contributed by atoms with van der Waals surface area (Å²) in [6.07, 6.45) is 1.01. The molecule has 0 spiro atoms. The van der Waals surface area contributed by atoms with E-state index in [1.807, 2.05) is 18.2 Å². The van der Waals surface area contributed by atoms with E-state index in [1.54, 1.807) is 0 Å². The highest BCUT2D eigenvalue weighted by Gasteiger charge is 2.22. The second kappa shape index (κ2) is 3.38. The van der Waals surface area contributed by atoms with Crippen molar-refractivity contribution in [3.05, 3.63) is 18.2 Å². The molecular formula is C11H14N4O. The SMILES string of the molecule is Nc1noc2c(N3CCC(N)C3)cccc12. The van der Waals surface area contributed by atoms with Crippen molar-refractivity contribution in [1.82, 2.24) is 5.16 Å². The van der Waals surface area contributed by atoms with Crippen LogP contribution in [0.4, 0.5) is 11.5 Å². The second-order valence-corrected chi connectivity index (χ2v) is 4.22. The number of rotatable bonds is 1. The number of nitrogens with zero attached hydrogens (tertiary/aromatic N) is 2. The van der Waals surface area contributed by atoms with Crippen LogP contribution in [0.1, 0.15) is 6.42 Å². The summed E-state index contributed by atoms with van der Waals surface area (Å²) in [4.78, 5) is 2.22. The Hall–Kier alpha value is -1.75. The van der Waals surface area contributed by atoms with Gasteiger partial charge in [-0.2, -0.15) is 0 Å². The van der Waals surface area contributed by atoms with E-state index < -0.39 is 0 Å². The number of fused-ring (bicyclic) bond motifs is 1. The van der Waals surface area contributed by atoms with Gasteiger partial charge in [0.15, 0.2) is 11.4 Å². The lowest BCUT2D eigenvalue weighted by atomic mass is 10.2. The maximum absolute atomic E-state index is 5.90. The highest BCUT2D eigenvalue weighted by atomic mass is 16.5. The van der Waals surface area contributed by atoms with Gasteiger partial charge < -0.3 is 20.9 Å². The van der Waals surface area contributed by atoms with E-state index in [0.29, 0.717) is 5.82 Å². The van der Waals surface area contributed by atoms with Crippen LogP contribution in [0.2, 0.25) is 0 Å². The van der Waals surface area contributed by atoms with Crippen LogP contribution in [-0.2, 0) is 0 Å². The Morgan fingerprint density at radius 2 is 2.31 bits per heavy atom. The number of benzene rings is 1. The normalized spacial score (nSPS) is 20.8. The van der Waals surface area contributed by atoms with Crippen molar-refractivity contribution >= 4 is 22.5 Å². The molecule has 1 saturated heterocycles. The maximum Gasteiger partial charge on any atom is 0.192 e. The molecule has 1 atom stereocenters. The first-order chi connectivity index (χ1) is 7.75. The lowest BCUT2D eigenvalue weighted by Gasteiger charge is -2.17. The molecule has 3 rings (SSSR count). The van der Waals surface area contributed by atoms with Gasteiger partial charge in [-0.15, -0.1) is 0 Å². The molecule has 0 amide bonds. The fourth-order valence-corrected chi connectivity index (χ4v) is 2.22. The molecule has 1 aromatic carbocycles. The number of anilines is 2. The summed E-state index contributed by atoms with van der Waals surface area (Å²) in [6.45, 7) is 1.82. The largest absolute Gasteiger partial charge is 0.380 e. The minimum Gasteiger partial charge on any atom is -0.380 e. The number of para-hydroxylation sites is 1. The van der Waals surface area contributed by atoms with E-state index in [9.17, 15) is 0 Å². The van der Waals surface area contributed by atoms with Crippen molar-refractivity contribution < 1.29 is 4.52 Å². The zero-order chi connectivity index (χ0) is 11.1. The number of hydrogen-bond donors (Lipinski definition) is 2. The molecule has 0 aliphatic carbocycles. The van der Waals surface area contributed by atoms with Crippen LogP contribution in [0.3, 0.4) is 0 Å². The van der Waals surface area contributed by atoms with Crippen LogP contribution in [-0.4, -0.2) is 24.3 Å². The lowest BCUT2D eigenvalue weighted by Crippen LogP contribution is -2.26. The molecule has 16 heavy (non-hydrogen) atoms. The first-order valence-corrected chi connectivity index (χ1v) is 5.40. The number of aromatic nitrogens is 1. The molecule has 84 valence electrons. The highest BCUT2D eigenvalue weighted by Crippen LogP contribution is 2.31. The van der Waals surface area contributed by atoms with Crippen LogP contribution >= 0.6 is 0 Å². The monoisotopic (exact) mass is 218 g/mol. The van der Waals surface area contributed by atoms with Crippen LogP contribution in [0.5, 0.6) is 0 Å². The van der Waals surface area contributed by atoms with E-state index >= 15 is 0 Å². The summed E-state index contributed by atoms with van der Waals surface area (Å²) in [5.41, 5.74) is 13.4. The number of nitrogen functional groups attached to an aromatic ring is 1. The Labute approximate surface area is 93.0 Å². The van der Waals surface area contributed by atoms with Gasteiger partial charge in [0.25, 0.3) is 0 Å². The summed E-state index contributed by atoms with van der Waals surface area (Å²) >= 11 is 0. The van der Waals surface area contributed by atoms with Gasteiger partial charge in [0, 0.05) is 19.1 Å². The quantitative estimate of drug-likeness (QED) is 0.744. The predicted molar refractivity (Wildman–Crippen MR) is 63.2 cm³/mol. The van der Waals surface area contributed by atoms with Crippen LogP contribution in [0.25, 0.3) is 11.0 Å². The first-order valence-electron chi connectivity index (χ1n) is 5.40. The third-order valence-electron chi connectivity index (χ3n) is 3.07. The average Bonchev–Trinajstić information content (AvgIpc) is 2.86. The molecule has 0 saturated carbocycles. The lowest BCUT2D eigenvalue weighted by molar-refractivity contribution is 0.460. The summed E-state index contributed by atoms with van der Waals surface area (Å²) in [5, 5.41) is 4.66. The van der Waals surface area contributed by atoms with E-state index in [2.05, 4.69) is 10.1 Å². The molecule has 1 unspecified atom stereocenters. The van der Waals surface area contributed by atoms with E-state index in [-0.39, 0.29) is 6.04 Å². The molecule has 2 heterocycles. The molecule has 1 aromatic heterocycles. The van der Waals surface area contributed by atoms with E-state index in [0.717, 1.165) is 36.2 Å². The zero-order valence-electron chi connectivity index (χ0n) is 8.89. The fraction of sp³-hybridized carbons (Fsp3) is 0.364. The van der Waals surface area contributed by atoms with Gasteiger partial charge in [-0.3, -0.25) is 0 Å². The molecule has 1 aliphatic heterocycles. The van der Waals surface area contributed by atoms with Gasteiger partial charge in [-0.1, -0.05) is 11.2 Å². The van der Waals surface area contributed by atoms with Gasteiger partial charge in [0.1, 0.15) is 0 Å². The maximum atomic E-state index is 5.90. The molecule has 5 heteroatoms. The van der Waals surface area contributed by atoms with Crippen LogP contribution in [0.15, 0.2) is 22.7 Å². The van der Waals surface area contributed by atoms with Gasteiger partial charge in [-0.05, 0) is 18.6 Å². The molecule has 1 fully saturated rings. The minimum absolute atomic E-state index is 0.246. The third-order valence-corrected chi connectivity index (χ3v) is 3.07. The van der Waals surface area contributed by atoms with Crippen molar-refractivity contribution in [2.75, 3.05) is 23.7 Å². The van der Waals surface area contributed by atoms with Gasteiger partial charge in [0.2, 0.25) is 0 Å². The molecule has 0 bridgehead atoms. The summed E-state index contributed by atoms with van der Waals surface area (Å²) in [6, 6.07) is 6.15. The van der Waals surface area contributed by atoms with Crippen LogP contribution in [0, 0.1) is 0 Å². The second-order valence-electron chi connectivity index (χ2n) is 4.22. The summed E-state index contributed by atoms with van der Waals surface area (Å²) < 4.78 is 5.27. The number of nitrogens with two attached hydrogens (primary N) is 2. The van der Waals surface area contributed by atoms with Crippen molar-refractivity contribution in [1.29, 1.82) is 0 Å². The fourth-order valence-electron chi connectivity index (χ4n) is 2.22. The Balaban J connectivity index is 2.09. The molecular weight excluding hydrogens is 204 g/mol. The van der Waals surface area contributed by atoms with Crippen molar-refractivity contribution in [3.63, 3.8) is 0 Å². The Kier molecular flexibility index (Phi) is 2.00. The Morgan fingerprint density at radius 3 is 3.06 bits per heavy atom. The van der Waals surface area contributed by atoms with Crippen molar-refractivity contribution in [2.24, 2.45) is 5.73 Å². The Bertz CT molecular complexity index is 522. The third kappa shape index (κ3) is 1.32. The van der Waals surface area contributed by atoms with Crippen LogP contribution < -0.4 is 16.4 Å². The molecule has 5 nitrogen and oxygen atoms in total. The van der Waals surface area contributed by atoms with E-state index in [1.165, 1.54) is 0 Å². The van der Waals surface area contributed by atoms with Crippen molar-refractivity contribution in [2.45, 2.75) is 12.5 Å². The zero-order valence-corrected chi connectivity index (χ0v) is 8.89. The summed E-state index contributed by atoms with van der Waals surface area (Å²) in [7, 11) is 0.